The molecule has 1 aromatic heterocycles. The Morgan fingerprint density at radius 2 is 2.04 bits per heavy atom. The molecule has 0 radical (unpaired) electrons. The van der Waals surface area contributed by atoms with Gasteiger partial charge in [0, 0.05) is 62.4 Å². The largest absolute Gasteiger partial charge is 0.395 e. The van der Waals surface area contributed by atoms with Crippen LogP contribution in [-0.2, 0) is 11.8 Å². The lowest BCUT2D eigenvalue weighted by atomic mass is 10.1. The Bertz CT molecular complexity index is 692. The molecule has 1 aliphatic heterocycles. The number of carbonyl (C=O) groups excluding carboxylic acids is 1. The van der Waals surface area contributed by atoms with E-state index >= 15 is 0 Å². The third-order valence-corrected chi connectivity index (χ3v) is 4.61. The molecule has 6 heteroatoms. The highest BCUT2D eigenvalue weighted by molar-refractivity contribution is 6.06. The number of hydrogen-bond donors (Lipinski definition) is 1. The van der Waals surface area contributed by atoms with Crippen molar-refractivity contribution in [2.75, 3.05) is 52.5 Å². The zero-order valence-electron chi connectivity index (χ0n) is 14.1. The Labute approximate surface area is 142 Å². The van der Waals surface area contributed by atoms with Gasteiger partial charge in [-0.15, -0.1) is 0 Å². The summed E-state index contributed by atoms with van der Waals surface area (Å²) in [6.45, 7) is 5.04. The normalized spacial score (nSPS) is 15.8. The molecule has 2 heterocycles. The molecule has 0 saturated carbocycles. The van der Waals surface area contributed by atoms with Crippen LogP contribution in [0.1, 0.15) is 10.4 Å². The number of ether oxygens (including phenoxy) is 1. The summed E-state index contributed by atoms with van der Waals surface area (Å²) in [5.74, 6) is -0.0193. The third-order valence-electron chi connectivity index (χ3n) is 4.61. The molecule has 3 rings (SSSR count). The molecular formula is C18H25N3O3. The highest BCUT2D eigenvalue weighted by atomic mass is 16.5. The van der Waals surface area contributed by atoms with Crippen LogP contribution < -0.4 is 0 Å². The van der Waals surface area contributed by atoms with Gasteiger partial charge in [0.15, 0.2) is 0 Å². The molecule has 130 valence electrons. The summed E-state index contributed by atoms with van der Waals surface area (Å²) in [5, 5.41) is 10.3. The van der Waals surface area contributed by atoms with Crippen LogP contribution in [0, 0.1) is 0 Å². The zero-order chi connectivity index (χ0) is 16.9. The summed E-state index contributed by atoms with van der Waals surface area (Å²) < 4.78 is 7.37. The van der Waals surface area contributed by atoms with Gasteiger partial charge in [0.25, 0.3) is 5.91 Å². The number of morpholine rings is 1. The van der Waals surface area contributed by atoms with E-state index in [2.05, 4.69) is 4.90 Å². The predicted molar refractivity (Wildman–Crippen MR) is 93.2 cm³/mol. The zero-order valence-corrected chi connectivity index (χ0v) is 14.1. The molecule has 1 amide bonds. The Hall–Kier alpha value is -1.89. The van der Waals surface area contributed by atoms with Crippen LogP contribution in [0.5, 0.6) is 0 Å². The van der Waals surface area contributed by atoms with E-state index in [4.69, 9.17) is 4.74 Å². The van der Waals surface area contributed by atoms with Crippen LogP contribution in [0.2, 0.25) is 0 Å². The van der Waals surface area contributed by atoms with Crippen molar-refractivity contribution in [1.29, 1.82) is 0 Å². The number of benzene rings is 1. The predicted octanol–water partition coefficient (Wildman–Crippen LogP) is 0.945. The summed E-state index contributed by atoms with van der Waals surface area (Å²) in [6, 6.07) is 7.76. The SMILES string of the molecule is Cn1ccc2c(C(=O)N(CCO)CCN3CCOCC3)cccc21. The Morgan fingerprint density at radius 3 is 2.79 bits per heavy atom. The van der Waals surface area contributed by atoms with Gasteiger partial charge in [-0.3, -0.25) is 9.69 Å². The second-order valence-electron chi connectivity index (χ2n) is 6.13. The minimum atomic E-state index is -0.0282. The van der Waals surface area contributed by atoms with Gasteiger partial charge < -0.3 is 19.3 Å². The van der Waals surface area contributed by atoms with Crippen LogP contribution in [0.25, 0.3) is 10.9 Å². The van der Waals surface area contributed by atoms with Gasteiger partial charge in [-0.1, -0.05) is 6.07 Å². The monoisotopic (exact) mass is 331 g/mol. The molecule has 1 saturated heterocycles. The third kappa shape index (κ3) is 3.61. The Kier molecular flexibility index (Phi) is 5.50. The van der Waals surface area contributed by atoms with Crippen LogP contribution in [0.3, 0.4) is 0 Å². The average molecular weight is 331 g/mol. The number of aryl methyl sites for hydroxylation is 1. The lowest BCUT2D eigenvalue weighted by Crippen LogP contribution is -2.43. The molecule has 0 atom stereocenters. The summed E-state index contributed by atoms with van der Waals surface area (Å²) in [7, 11) is 1.97. The van der Waals surface area contributed by atoms with Gasteiger partial charge in [-0.25, -0.2) is 0 Å². The van der Waals surface area contributed by atoms with Gasteiger partial charge >= 0.3 is 0 Å². The van der Waals surface area contributed by atoms with Crippen LogP contribution >= 0.6 is 0 Å². The topological polar surface area (TPSA) is 57.9 Å². The number of rotatable bonds is 6. The van der Waals surface area contributed by atoms with E-state index in [1.807, 2.05) is 42.1 Å². The first-order chi connectivity index (χ1) is 11.7. The summed E-state index contributed by atoms with van der Waals surface area (Å²) in [6.07, 6.45) is 1.96. The molecule has 2 aromatic rings. The first-order valence-electron chi connectivity index (χ1n) is 8.45. The van der Waals surface area contributed by atoms with E-state index in [-0.39, 0.29) is 12.5 Å². The van der Waals surface area contributed by atoms with Crippen molar-refractivity contribution in [2.24, 2.45) is 7.05 Å². The molecule has 6 nitrogen and oxygen atoms in total. The standard InChI is InChI=1S/C18H25N3O3/c1-19-6-5-15-16(3-2-4-17(15)19)18(23)21(9-12-22)8-7-20-10-13-24-14-11-20/h2-6,22H,7-14H2,1H3. The highest BCUT2D eigenvalue weighted by Crippen LogP contribution is 2.21. The molecule has 24 heavy (non-hydrogen) atoms. The minimum Gasteiger partial charge on any atom is -0.395 e. The lowest BCUT2D eigenvalue weighted by Gasteiger charge is -2.30. The molecule has 1 aromatic carbocycles. The fourth-order valence-corrected chi connectivity index (χ4v) is 3.18. The minimum absolute atomic E-state index is 0.0193. The number of carbonyl (C=O) groups is 1. The summed E-state index contributed by atoms with van der Waals surface area (Å²) in [4.78, 5) is 17.0. The molecule has 1 N–H and O–H groups in total. The van der Waals surface area contributed by atoms with E-state index in [0.717, 1.165) is 43.8 Å². The number of fused-ring (bicyclic) bond motifs is 1. The van der Waals surface area contributed by atoms with Gasteiger partial charge in [-0.05, 0) is 18.2 Å². The maximum Gasteiger partial charge on any atom is 0.254 e. The smallest absolute Gasteiger partial charge is 0.254 e. The van der Waals surface area contributed by atoms with Crippen LogP contribution in [0.4, 0.5) is 0 Å². The number of amides is 1. The van der Waals surface area contributed by atoms with Crippen molar-refractivity contribution in [3.8, 4) is 0 Å². The van der Waals surface area contributed by atoms with Crippen LogP contribution in [-0.4, -0.2) is 77.9 Å². The fraction of sp³-hybridized carbons (Fsp3) is 0.500. The van der Waals surface area contributed by atoms with E-state index in [9.17, 15) is 9.90 Å². The van der Waals surface area contributed by atoms with Crippen molar-refractivity contribution >= 4 is 16.8 Å². The molecule has 1 aliphatic rings. The van der Waals surface area contributed by atoms with Crippen molar-refractivity contribution in [3.05, 3.63) is 36.0 Å². The van der Waals surface area contributed by atoms with E-state index in [1.54, 1.807) is 4.90 Å². The van der Waals surface area contributed by atoms with Crippen LogP contribution in [0.15, 0.2) is 30.5 Å². The van der Waals surface area contributed by atoms with Gasteiger partial charge in [0.1, 0.15) is 0 Å². The highest BCUT2D eigenvalue weighted by Gasteiger charge is 2.20. The second kappa shape index (κ2) is 7.79. The molecule has 0 spiro atoms. The number of aliphatic hydroxyl groups is 1. The second-order valence-corrected chi connectivity index (χ2v) is 6.13. The summed E-state index contributed by atoms with van der Waals surface area (Å²) in [5.41, 5.74) is 1.74. The molecule has 0 unspecified atom stereocenters. The van der Waals surface area contributed by atoms with Crippen molar-refractivity contribution in [2.45, 2.75) is 0 Å². The maximum atomic E-state index is 13.0. The van der Waals surface area contributed by atoms with E-state index in [0.29, 0.717) is 18.7 Å². The lowest BCUT2D eigenvalue weighted by molar-refractivity contribution is 0.0315. The number of aliphatic hydroxyl groups excluding tert-OH is 1. The number of aromatic nitrogens is 1. The Balaban J connectivity index is 1.75. The first kappa shape index (κ1) is 17.0. The first-order valence-corrected chi connectivity index (χ1v) is 8.45. The van der Waals surface area contributed by atoms with Crippen molar-refractivity contribution < 1.29 is 14.6 Å². The molecule has 0 bridgehead atoms. The van der Waals surface area contributed by atoms with Gasteiger partial charge in [0.2, 0.25) is 0 Å². The Morgan fingerprint density at radius 1 is 1.25 bits per heavy atom. The molecule has 0 aliphatic carbocycles. The molecule has 1 fully saturated rings. The van der Waals surface area contributed by atoms with E-state index in [1.165, 1.54) is 0 Å². The number of nitrogens with zero attached hydrogens (tertiary/aromatic N) is 3. The quantitative estimate of drug-likeness (QED) is 0.856. The average Bonchev–Trinajstić information content (AvgIpc) is 3.00. The van der Waals surface area contributed by atoms with Crippen molar-refractivity contribution in [3.63, 3.8) is 0 Å². The fourth-order valence-electron chi connectivity index (χ4n) is 3.18. The van der Waals surface area contributed by atoms with Crippen molar-refractivity contribution in [1.82, 2.24) is 14.4 Å². The molecular weight excluding hydrogens is 306 g/mol. The number of hydrogen-bond acceptors (Lipinski definition) is 4. The van der Waals surface area contributed by atoms with Gasteiger partial charge in [-0.2, -0.15) is 0 Å². The summed E-state index contributed by atoms with van der Waals surface area (Å²) >= 11 is 0. The maximum absolute atomic E-state index is 13.0. The van der Waals surface area contributed by atoms with E-state index < -0.39 is 0 Å². The van der Waals surface area contributed by atoms with Gasteiger partial charge in [0.05, 0.1) is 19.8 Å².